The summed E-state index contributed by atoms with van der Waals surface area (Å²) in [6, 6.07) is 13.3. The molecular weight excluding hydrogens is 528 g/mol. The fraction of sp³-hybridized carbons (Fsp3) is 0.414. The molecule has 9 nitrogen and oxygen atoms in total. The van der Waals surface area contributed by atoms with E-state index in [9.17, 15) is 29.3 Å². The predicted molar refractivity (Wildman–Crippen MR) is 142 cm³/mol. The third-order valence-corrected chi connectivity index (χ3v) is 6.34. The van der Waals surface area contributed by atoms with E-state index < -0.39 is 30.4 Å². The van der Waals surface area contributed by atoms with Crippen molar-refractivity contribution in [3.8, 4) is 17.1 Å². The molecule has 2 aromatic carbocycles. The first-order chi connectivity index (χ1) is 18.6. The summed E-state index contributed by atoms with van der Waals surface area (Å²) < 4.78 is 20.7. The largest absolute Gasteiger partial charge is 1.00 e. The fourth-order valence-electron chi connectivity index (χ4n) is 4.48. The van der Waals surface area contributed by atoms with E-state index in [0.29, 0.717) is 30.0 Å². The monoisotopic (exact) mass is 563 g/mol. The molecule has 3 rings (SSSR count). The number of hydrogen-bond donors (Lipinski definition) is 3. The van der Waals surface area contributed by atoms with Crippen LogP contribution in [0.3, 0.4) is 0 Å². The molecule has 0 saturated carbocycles. The van der Waals surface area contributed by atoms with Crippen LogP contribution < -0.4 is 44.7 Å². The maximum absolute atomic E-state index is 13.6. The average molecular weight is 564 g/mol. The van der Waals surface area contributed by atoms with Crippen LogP contribution >= 0.6 is 0 Å². The number of amides is 1. The number of aliphatic hydroxyl groups excluding tert-OH is 2. The number of carbonyl (C=O) groups excluding carboxylic acids is 2. The summed E-state index contributed by atoms with van der Waals surface area (Å²) in [4.78, 5) is 28.7. The van der Waals surface area contributed by atoms with Gasteiger partial charge in [0, 0.05) is 31.0 Å². The van der Waals surface area contributed by atoms with Crippen molar-refractivity contribution in [2.75, 3.05) is 13.7 Å². The van der Waals surface area contributed by atoms with Gasteiger partial charge >= 0.3 is 29.6 Å². The molecule has 2 atom stereocenters. The molecule has 40 heavy (non-hydrogen) atoms. The van der Waals surface area contributed by atoms with Crippen molar-refractivity contribution in [3.63, 3.8) is 0 Å². The number of methoxy groups -OCH3 is 1. The maximum Gasteiger partial charge on any atom is 1.00 e. The van der Waals surface area contributed by atoms with Crippen LogP contribution in [0.15, 0.2) is 48.5 Å². The van der Waals surface area contributed by atoms with Crippen molar-refractivity contribution in [2.24, 2.45) is 0 Å². The molecule has 1 heterocycles. The molecule has 0 aliphatic heterocycles. The number of carbonyl (C=O) groups is 2. The second kappa shape index (κ2) is 15.9. The second-order valence-corrected chi connectivity index (χ2v) is 9.75. The van der Waals surface area contributed by atoms with Gasteiger partial charge in [0.05, 0.1) is 25.0 Å². The summed E-state index contributed by atoms with van der Waals surface area (Å²) in [7, 11) is 1.60. The van der Waals surface area contributed by atoms with Crippen molar-refractivity contribution in [3.05, 3.63) is 71.3 Å². The molecule has 0 radical (unpaired) electrons. The van der Waals surface area contributed by atoms with E-state index in [1.165, 1.54) is 12.1 Å². The first kappa shape index (κ1) is 33.4. The first-order valence-corrected chi connectivity index (χ1v) is 12.9. The molecule has 210 valence electrons. The van der Waals surface area contributed by atoms with E-state index in [0.717, 1.165) is 11.3 Å². The van der Waals surface area contributed by atoms with Gasteiger partial charge in [-0.3, -0.25) is 4.79 Å². The Morgan fingerprint density at radius 3 is 2.45 bits per heavy atom. The summed E-state index contributed by atoms with van der Waals surface area (Å²) in [5.41, 5.74) is 2.49. The van der Waals surface area contributed by atoms with E-state index in [-0.39, 0.29) is 66.5 Å². The third kappa shape index (κ3) is 9.42. The van der Waals surface area contributed by atoms with Crippen LogP contribution in [0.2, 0.25) is 0 Å². The van der Waals surface area contributed by atoms with Crippen LogP contribution in [-0.2, 0) is 17.8 Å². The van der Waals surface area contributed by atoms with Gasteiger partial charge in [-0.2, -0.15) is 0 Å². The number of halogens is 1. The molecule has 3 N–H and O–H groups in total. The third-order valence-electron chi connectivity index (χ3n) is 6.34. The summed E-state index contributed by atoms with van der Waals surface area (Å²) >= 11 is 0. The molecule has 11 heteroatoms. The number of ether oxygens (including phenoxy) is 1. The minimum atomic E-state index is -1.40. The number of nitrogens with one attached hydrogen (secondary N) is 1. The number of aliphatic hydroxyl groups is 2. The minimum Gasteiger partial charge on any atom is -0.550 e. The van der Waals surface area contributed by atoms with Crippen LogP contribution in [0.5, 0.6) is 5.75 Å². The molecule has 3 aromatic rings. The van der Waals surface area contributed by atoms with Gasteiger partial charge in [-0.1, -0.05) is 26.0 Å². The van der Waals surface area contributed by atoms with Gasteiger partial charge in [-0.25, -0.2) is 9.37 Å². The Morgan fingerprint density at radius 1 is 1.12 bits per heavy atom. The number of hydrogen-bond acceptors (Lipinski definition) is 7. The van der Waals surface area contributed by atoms with Crippen LogP contribution in [0.1, 0.15) is 60.8 Å². The normalized spacial score (nSPS) is 12.5. The number of rotatable bonds is 14. The van der Waals surface area contributed by atoms with Crippen molar-refractivity contribution in [1.29, 1.82) is 0 Å². The van der Waals surface area contributed by atoms with Gasteiger partial charge in [0.1, 0.15) is 23.1 Å². The van der Waals surface area contributed by atoms with Crippen LogP contribution in [0.25, 0.3) is 11.4 Å². The van der Waals surface area contributed by atoms with Gasteiger partial charge in [-0.15, -0.1) is 0 Å². The van der Waals surface area contributed by atoms with Crippen molar-refractivity contribution >= 4 is 11.9 Å². The van der Waals surface area contributed by atoms with Gasteiger partial charge in [0.15, 0.2) is 0 Å². The average Bonchev–Trinajstić information content (AvgIpc) is 3.27. The van der Waals surface area contributed by atoms with Crippen LogP contribution in [-0.4, -0.2) is 57.5 Å². The minimum absolute atomic E-state index is 0. The summed E-state index contributed by atoms with van der Waals surface area (Å²) in [6.45, 7) is 4.46. The Balaban J connectivity index is 0.00000560. The quantitative estimate of drug-likeness (QED) is 0.224. The fourth-order valence-corrected chi connectivity index (χ4v) is 4.48. The Morgan fingerprint density at radius 2 is 1.82 bits per heavy atom. The smallest absolute Gasteiger partial charge is 0.550 e. The Bertz CT molecular complexity index is 1270. The zero-order chi connectivity index (χ0) is 28.5. The number of nitrogens with zero attached hydrogens (tertiary/aromatic N) is 2. The Hall–Kier alpha value is -2.76. The molecule has 1 amide bonds. The van der Waals surface area contributed by atoms with Gasteiger partial charge in [-0.05, 0) is 67.1 Å². The van der Waals surface area contributed by atoms with E-state index in [1.54, 1.807) is 19.2 Å². The molecule has 0 fully saturated rings. The standard InChI is InChI=1S/C29H36FN3O6.Na/c1-18(2)27-26(29(38)31-13-11-19-5-4-6-24(15-19)39-3)32-28(20-7-9-21(30)10-8-20)33(27)14-12-22(34)16-23(35)17-25(36)37;/h4-10,15,18,22-23,34-35H,11-14,16-17H2,1-3H3,(H,31,38)(H,36,37);/q;+1/p-1/t22-,23-;/m1./s1. The molecule has 0 aliphatic carbocycles. The molecule has 0 unspecified atom stereocenters. The van der Waals surface area contributed by atoms with E-state index in [4.69, 9.17) is 4.74 Å². The topological polar surface area (TPSA) is 137 Å². The number of benzene rings is 2. The maximum atomic E-state index is 13.6. The van der Waals surface area contributed by atoms with Gasteiger partial charge < -0.3 is 34.7 Å². The number of carboxylic acid groups (broad SMARTS) is 1. The Labute approximate surface area is 255 Å². The second-order valence-electron chi connectivity index (χ2n) is 9.75. The molecule has 1 aromatic heterocycles. The van der Waals surface area contributed by atoms with Crippen LogP contribution in [0.4, 0.5) is 4.39 Å². The molecule has 0 spiro atoms. The van der Waals surface area contributed by atoms with Crippen molar-refractivity contribution in [2.45, 2.75) is 64.2 Å². The predicted octanol–water partition coefficient (Wildman–Crippen LogP) is -0.560. The SMILES string of the molecule is COc1cccc(CCNC(=O)c2nc(-c3ccc(F)cc3)n(CC[C@@H](O)C[C@@H](O)CC(=O)[O-])c2C(C)C)c1.[Na+]. The number of carboxylic acids is 1. The molecular formula is C29H35FN3NaO6. The summed E-state index contributed by atoms with van der Waals surface area (Å²) in [5, 5.41) is 34.0. The summed E-state index contributed by atoms with van der Waals surface area (Å²) in [5.74, 6) is -1.10. The van der Waals surface area contributed by atoms with E-state index >= 15 is 0 Å². The molecule has 0 saturated heterocycles. The zero-order valence-electron chi connectivity index (χ0n) is 23.4. The van der Waals surface area contributed by atoms with E-state index in [1.807, 2.05) is 42.7 Å². The number of aromatic nitrogens is 2. The van der Waals surface area contributed by atoms with Crippen molar-refractivity contribution < 1.29 is 63.6 Å². The number of imidazole rings is 1. The van der Waals surface area contributed by atoms with E-state index in [2.05, 4.69) is 10.3 Å². The molecule has 0 bridgehead atoms. The molecule has 0 aliphatic rings. The summed E-state index contributed by atoms with van der Waals surface area (Å²) in [6.07, 6.45) is -2.18. The van der Waals surface area contributed by atoms with Crippen molar-refractivity contribution in [1.82, 2.24) is 14.9 Å². The van der Waals surface area contributed by atoms with Gasteiger partial charge in [0.2, 0.25) is 0 Å². The number of aliphatic carboxylic acids is 1. The zero-order valence-corrected chi connectivity index (χ0v) is 25.4. The first-order valence-electron chi connectivity index (χ1n) is 12.9. The van der Waals surface area contributed by atoms with Crippen LogP contribution in [0, 0.1) is 5.82 Å². The van der Waals surface area contributed by atoms with Gasteiger partial charge in [0.25, 0.3) is 5.91 Å². The Kier molecular flexibility index (Phi) is 13.3.